The number of halogens is 1. The van der Waals surface area contributed by atoms with Crippen molar-refractivity contribution in [2.45, 2.75) is 33.2 Å². The van der Waals surface area contributed by atoms with Crippen molar-refractivity contribution in [1.82, 2.24) is 14.2 Å². The normalized spacial score (nSPS) is 11.7. The van der Waals surface area contributed by atoms with Gasteiger partial charge in [-0.25, -0.2) is 4.98 Å². The van der Waals surface area contributed by atoms with Gasteiger partial charge in [0, 0.05) is 39.6 Å². The van der Waals surface area contributed by atoms with Gasteiger partial charge >= 0.3 is 0 Å². The minimum absolute atomic E-state index is 0.156. The highest BCUT2D eigenvalue weighted by atomic mass is 79.9. The van der Waals surface area contributed by atoms with E-state index in [9.17, 15) is 4.79 Å². The van der Waals surface area contributed by atoms with Gasteiger partial charge in [0.05, 0.1) is 17.1 Å². The zero-order chi connectivity index (χ0) is 23.7. The molecule has 0 atom stereocenters. The first-order valence-electron chi connectivity index (χ1n) is 11.4. The van der Waals surface area contributed by atoms with Crippen LogP contribution in [0, 0.1) is 6.92 Å². The van der Waals surface area contributed by atoms with Gasteiger partial charge in [0.2, 0.25) is 0 Å². The van der Waals surface area contributed by atoms with Crippen molar-refractivity contribution in [3.05, 3.63) is 110 Å². The first kappa shape index (κ1) is 22.3. The molecule has 0 aliphatic rings. The van der Waals surface area contributed by atoms with Crippen molar-refractivity contribution in [3.63, 3.8) is 0 Å². The maximum absolute atomic E-state index is 13.4. The second-order valence-corrected chi connectivity index (χ2v) is 9.30. The third-order valence-electron chi connectivity index (χ3n) is 6.11. The Labute approximate surface area is 206 Å². The summed E-state index contributed by atoms with van der Waals surface area (Å²) in [4.78, 5) is 18.1. The highest BCUT2D eigenvalue weighted by molar-refractivity contribution is 9.10. The third kappa shape index (κ3) is 4.10. The molecule has 5 rings (SSSR count). The molecule has 2 aromatic heterocycles. The van der Waals surface area contributed by atoms with Crippen LogP contribution >= 0.6 is 15.9 Å². The van der Waals surface area contributed by atoms with E-state index in [0.29, 0.717) is 23.1 Å². The molecule has 0 bridgehead atoms. The maximum Gasteiger partial charge on any atom is 0.282 e. The first-order chi connectivity index (χ1) is 16.6. The highest BCUT2D eigenvalue weighted by Gasteiger charge is 2.14. The number of benzene rings is 3. The third-order valence-corrected chi connectivity index (χ3v) is 6.61. The Bertz CT molecular complexity index is 1580. The number of aromatic nitrogens is 3. The zero-order valence-electron chi connectivity index (χ0n) is 19.2. The molecule has 0 fully saturated rings. The number of rotatable bonds is 6. The molecule has 6 heteroatoms. The van der Waals surface area contributed by atoms with E-state index >= 15 is 0 Å². The minimum Gasteiger partial charge on any atom is -0.340 e. The molecule has 0 spiro atoms. The van der Waals surface area contributed by atoms with Gasteiger partial charge in [-0.15, -0.1) is 0 Å². The number of para-hydroxylation sites is 1. The zero-order valence-corrected chi connectivity index (χ0v) is 20.8. The van der Waals surface area contributed by atoms with Gasteiger partial charge in [0.15, 0.2) is 0 Å². The van der Waals surface area contributed by atoms with Gasteiger partial charge in [-0.2, -0.15) is 9.78 Å². The fraction of sp³-hybridized carbons (Fsp3) is 0.179. The molecule has 0 unspecified atom stereocenters. The SMILES string of the molecule is CCCc1nc2ccc(Br)cc2c(=O)n1N=Cc1c(C)n(Cc2ccccc2)c2ccccc12. The van der Waals surface area contributed by atoms with Crippen molar-refractivity contribution in [1.29, 1.82) is 0 Å². The van der Waals surface area contributed by atoms with E-state index in [0.717, 1.165) is 39.6 Å². The molecule has 5 aromatic rings. The first-order valence-corrected chi connectivity index (χ1v) is 12.2. The molecule has 0 saturated heterocycles. The van der Waals surface area contributed by atoms with Gasteiger partial charge in [0.25, 0.3) is 5.56 Å². The summed E-state index contributed by atoms with van der Waals surface area (Å²) in [5.74, 6) is 0.671. The van der Waals surface area contributed by atoms with E-state index in [2.05, 4.69) is 76.8 Å². The second kappa shape index (κ2) is 9.39. The van der Waals surface area contributed by atoms with Gasteiger partial charge in [-0.05, 0) is 43.2 Å². The number of hydrogen-bond acceptors (Lipinski definition) is 3. The summed E-state index contributed by atoms with van der Waals surface area (Å²) < 4.78 is 4.61. The second-order valence-electron chi connectivity index (χ2n) is 8.39. The van der Waals surface area contributed by atoms with Crippen LogP contribution < -0.4 is 5.56 Å². The van der Waals surface area contributed by atoms with Gasteiger partial charge in [0.1, 0.15) is 5.82 Å². The summed E-state index contributed by atoms with van der Waals surface area (Å²) >= 11 is 3.47. The summed E-state index contributed by atoms with van der Waals surface area (Å²) in [5, 5.41) is 6.36. The average Bonchev–Trinajstić information content (AvgIpc) is 3.11. The fourth-order valence-electron chi connectivity index (χ4n) is 4.41. The number of hydrogen-bond donors (Lipinski definition) is 0. The Hall–Kier alpha value is -3.51. The van der Waals surface area contributed by atoms with E-state index in [1.807, 2.05) is 36.5 Å². The van der Waals surface area contributed by atoms with Crippen LogP contribution in [0.4, 0.5) is 0 Å². The molecular formula is C28H25BrN4O. The van der Waals surface area contributed by atoms with Crippen molar-refractivity contribution in [2.75, 3.05) is 0 Å². The number of nitrogens with zero attached hydrogens (tertiary/aromatic N) is 4. The van der Waals surface area contributed by atoms with Crippen molar-refractivity contribution >= 4 is 44.0 Å². The van der Waals surface area contributed by atoms with Crippen molar-refractivity contribution in [2.24, 2.45) is 5.10 Å². The molecule has 0 aliphatic heterocycles. The molecule has 0 radical (unpaired) electrons. The van der Waals surface area contributed by atoms with Crippen molar-refractivity contribution < 1.29 is 0 Å². The molecule has 0 aliphatic carbocycles. The van der Waals surface area contributed by atoms with Crippen molar-refractivity contribution in [3.8, 4) is 0 Å². The smallest absolute Gasteiger partial charge is 0.282 e. The summed E-state index contributed by atoms with van der Waals surface area (Å²) in [6.07, 6.45) is 3.36. The van der Waals surface area contributed by atoms with E-state index in [1.165, 1.54) is 10.2 Å². The predicted molar refractivity (Wildman–Crippen MR) is 143 cm³/mol. The molecule has 0 amide bonds. The van der Waals surface area contributed by atoms with E-state index in [-0.39, 0.29) is 5.56 Å². The minimum atomic E-state index is -0.156. The van der Waals surface area contributed by atoms with Crippen LogP contribution in [0.3, 0.4) is 0 Å². The Kier molecular flexibility index (Phi) is 6.16. The molecule has 34 heavy (non-hydrogen) atoms. The molecule has 170 valence electrons. The van der Waals surface area contributed by atoms with Crippen LogP contribution in [0.15, 0.2) is 87.2 Å². The van der Waals surface area contributed by atoms with E-state index in [1.54, 1.807) is 0 Å². The van der Waals surface area contributed by atoms with Crippen LogP contribution in [0.5, 0.6) is 0 Å². The quantitative estimate of drug-likeness (QED) is 0.250. The Morgan fingerprint density at radius 2 is 1.76 bits per heavy atom. The number of aryl methyl sites for hydroxylation is 1. The number of fused-ring (bicyclic) bond motifs is 2. The van der Waals surface area contributed by atoms with Gasteiger partial charge < -0.3 is 4.57 Å². The molecule has 0 saturated carbocycles. The fourth-order valence-corrected chi connectivity index (χ4v) is 4.77. The lowest BCUT2D eigenvalue weighted by Gasteiger charge is -2.09. The molecule has 3 aromatic carbocycles. The standard InChI is InChI=1S/C28H25BrN4O/c1-3-9-27-31-25-15-14-21(29)16-23(25)28(34)33(27)30-17-24-19(2)32(18-20-10-5-4-6-11-20)26-13-8-7-12-22(24)26/h4-8,10-17H,3,9,18H2,1-2H3. The van der Waals surface area contributed by atoms with Crippen LogP contribution in [0.25, 0.3) is 21.8 Å². The van der Waals surface area contributed by atoms with Crippen LogP contribution in [0.2, 0.25) is 0 Å². The van der Waals surface area contributed by atoms with E-state index < -0.39 is 0 Å². The maximum atomic E-state index is 13.4. The summed E-state index contributed by atoms with van der Waals surface area (Å²) in [6, 6.07) is 24.3. The highest BCUT2D eigenvalue weighted by Crippen LogP contribution is 2.26. The Morgan fingerprint density at radius 3 is 2.56 bits per heavy atom. The lowest BCUT2D eigenvalue weighted by atomic mass is 10.1. The molecule has 5 nitrogen and oxygen atoms in total. The summed E-state index contributed by atoms with van der Waals surface area (Å²) in [7, 11) is 0. The summed E-state index contributed by atoms with van der Waals surface area (Å²) in [6.45, 7) is 4.96. The lowest BCUT2D eigenvalue weighted by molar-refractivity contribution is 0.703. The van der Waals surface area contributed by atoms with Crippen LogP contribution in [0.1, 0.15) is 36.0 Å². The van der Waals surface area contributed by atoms with Crippen LogP contribution in [-0.2, 0) is 13.0 Å². The van der Waals surface area contributed by atoms with E-state index in [4.69, 9.17) is 10.1 Å². The van der Waals surface area contributed by atoms with Gasteiger partial charge in [-0.3, -0.25) is 4.79 Å². The Morgan fingerprint density at radius 1 is 1.00 bits per heavy atom. The molecular weight excluding hydrogens is 488 g/mol. The summed E-state index contributed by atoms with van der Waals surface area (Å²) in [5.41, 5.74) is 5.04. The molecule has 0 N–H and O–H groups in total. The Balaban J connectivity index is 1.65. The average molecular weight is 513 g/mol. The monoisotopic (exact) mass is 512 g/mol. The largest absolute Gasteiger partial charge is 0.340 e. The topological polar surface area (TPSA) is 52.2 Å². The predicted octanol–water partition coefficient (Wildman–Crippen LogP) is 6.31. The molecule has 2 heterocycles. The lowest BCUT2D eigenvalue weighted by Crippen LogP contribution is -2.22. The van der Waals surface area contributed by atoms with Crippen LogP contribution in [-0.4, -0.2) is 20.4 Å². The van der Waals surface area contributed by atoms with Gasteiger partial charge in [-0.1, -0.05) is 71.4 Å².